The number of nitrogens with one attached hydrogen (secondary N) is 1. The second-order valence-corrected chi connectivity index (χ2v) is 7.47. The molecule has 1 N–H and O–H groups in total. The normalized spacial score (nSPS) is 11.1. The molecule has 2 aromatic carbocycles. The Kier molecular flexibility index (Phi) is 5.44. The number of halogens is 2. The van der Waals surface area contributed by atoms with E-state index < -0.39 is 0 Å². The second kappa shape index (κ2) is 7.60. The Balaban J connectivity index is 1.98. The topological polar surface area (TPSA) is 66.1 Å². The van der Waals surface area contributed by atoms with E-state index in [0.29, 0.717) is 31.8 Å². The maximum absolute atomic E-state index is 13.0. The largest absolute Gasteiger partial charge is 0.329 e. The summed E-state index contributed by atoms with van der Waals surface area (Å²) in [6.07, 6.45) is 0. The van der Waals surface area contributed by atoms with Crippen molar-refractivity contribution >= 4 is 44.3 Å². The number of aromatic amines is 1. The van der Waals surface area contributed by atoms with Gasteiger partial charge in [0.2, 0.25) is 0 Å². The fraction of sp³-hybridized carbons (Fsp3) is 0.211. The number of carbonyl (C=O) groups excluding carboxylic acids is 1. The maximum atomic E-state index is 13.0. The minimum atomic E-state index is -0.217. The van der Waals surface area contributed by atoms with Gasteiger partial charge in [0.1, 0.15) is 5.82 Å². The second-order valence-electron chi connectivity index (χ2n) is 6.18. The van der Waals surface area contributed by atoms with E-state index in [2.05, 4.69) is 25.9 Å². The van der Waals surface area contributed by atoms with Crippen molar-refractivity contribution in [2.24, 2.45) is 0 Å². The number of amides is 1. The molecule has 0 unspecified atom stereocenters. The van der Waals surface area contributed by atoms with Gasteiger partial charge in [-0.25, -0.2) is 4.98 Å². The van der Waals surface area contributed by atoms with Gasteiger partial charge < -0.3 is 9.88 Å². The molecule has 5 nitrogen and oxygen atoms in total. The number of H-pyrrole nitrogens is 1. The van der Waals surface area contributed by atoms with Gasteiger partial charge in [-0.1, -0.05) is 23.7 Å². The summed E-state index contributed by atoms with van der Waals surface area (Å²) in [4.78, 5) is 34.2. The first-order valence-electron chi connectivity index (χ1n) is 8.11. The SMILES string of the molecule is CC(C)N(Cc1nc2ccccc2c(=O)[nH]1)C(=O)c1cc(Cl)ccc1Br. The predicted octanol–water partition coefficient (Wildman–Crippen LogP) is 4.39. The van der Waals surface area contributed by atoms with Crippen LogP contribution in [0.1, 0.15) is 30.0 Å². The lowest BCUT2D eigenvalue weighted by Crippen LogP contribution is -2.37. The summed E-state index contributed by atoms with van der Waals surface area (Å²) in [6.45, 7) is 4.01. The van der Waals surface area contributed by atoms with Gasteiger partial charge >= 0.3 is 0 Å². The molecule has 1 aromatic heterocycles. The molecule has 1 amide bonds. The number of hydrogen-bond donors (Lipinski definition) is 1. The Morgan fingerprint density at radius 2 is 2.00 bits per heavy atom. The zero-order valence-electron chi connectivity index (χ0n) is 14.3. The molecule has 3 aromatic rings. The van der Waals surface area contributed by atoms with E-state index >= 15 is 0 Å². The van der Waals surface area contributed by atoms with Crippen LogP contribution in [0, 0.1) is 0 Å². The van der Waals surface area contributed by atoms with Crippen LogP contribution in [0.15, 0.2) is 51.7 Å². The van der Waals surface area contributed by atoms with Gasteiger partial charge in [0.25, 0.3) is 11.5 Å². The molecule has 0 saturated carbocycles. The van der Waals surface area contributed by atoms with Crippen molar-refractivity contribution in [2.45, 2.75) is 26.4 Å². The lowest BCUT2D eigenvalue weighted by Gasteiger charge is -2.27. The Hall–Kier alpha value is -2.18. The van der Waals surface area contributed by atoms with Gasteiger partial charge in [-0.2, -0.15) is 0 Å². The van der Waals surface area contributed by atoms with Crippen molar-refractivity contribution in [2.75, 3.05) is 0 Å². The third-order valence-corrected chi connectivity index (χ3v) is 4.95. The first-order valence-corrected chi connectivity index (χ1v) is 9.28. The van der Waals surface area contributed by atoms with Crippen LogP contribution in [0.3, 0.4) is 0 Å². The summed E-state index contributed by atoms with van der Waals surface area (Å²) in [5, 5.41) is 1.01. The molecule has 0 radical (unpaired) electrons. The van der Waals surface area contributed by atoms with Crippen LogP contribution in [-0.4, -0.2) is 26.8 Å². The monoisotopic (exact) mass is 433 g/mol. The summed E-state index contributed by atoms with van der Waals surface area (Å²) < 4.78 is 0.664. The smallest absolute Gasteiger partial charge is 0.258 e. The van der Waals surface area contributed by atoms with Gasteiger partial charge in [-0.15, -0.1) is 0 Å². The Labute approximate surface area is 164 Å². The Morgan fingerprint density at radius 1 is 1.27 bits per heavy atom. The van der Waals surface area contributed by atoms with Crippen molar-refractivity contribution in [1.82, 2.24) is 14.9 Å². The quantitative estimate of drug-likeness (QED) is 0.662. The van der Waals surface area contributed by atoms with E-state index in [-0.39, 0.29) is 24.1 Å². The van der Waals surface area contributed by atoms with Crippen LogP contribution in [0.4, 0.5) is 0 Å². The molecular formula is C19H17BrClN3O2. The molecule has 0 spiro atoms. The van der Waals surface area contributed by atoms with Crippen LogP contribution in [0.25, 0.3) is 10.9 Å². The zero-order chi connectivity index (χ0) is 18.8. The molecule has 0 aliphatic heterocycles. The van der Waals surface area contributed by atoms with Gasteiger partial charge in [0.15, 0.2) is 0 Å². The number of fused-ring (bicyclic) bond motifs is 1. The van der Waals surface area contributed by atoms with E-state index in [1.165, 1.54) is 0 Å². The third-order valence-electron chi connectivity index (χ3n) is 4.03. The third kappa shape index (κ3) is 3.81. The van der Waals surface area contributed by atoms with Crippen LogP contribution in [-0.2, 0) is 6.54 Å². The van der Waals surface area contributed by atoms with E-state index in [1.807, 2.05) is 19.9 Å². The molecule has 1 heterocycles. The van der Waals surface area contributed by atoms with Crippen molar-refractivity contribution in [1.29, 1.82) is 0 Å². The van der Waals surface area contributed by atoms with Gasteiger partial charge in [0.05, 0.1) is 23.0 Å². The predicted molar refractivity (Wildman–Crippen MR) is 107 cm³/mol. The van der Waals surface area contributed by atoms with E-state index in [9.17, 15) is 9.59 Å². The number of para-hydroxylation sites is 1. The summed E-state index contributed by atoms with van der Waals surface area (Å²) in [5.41, 5.74) is 0.853. The highest BCUT2D eigenvalue weighted by Crippen LogP contribution is 2.24. The average molecular weight is 435 g/mol. The van der Waals surface area contributed by atoms with Crippen molar-refractivity contribution in [3.05, 3.63) is 73.7 Å². The van der Waals surface area contributed by atoms with Gasteiger partial charge in [-0.05, 0) is 60.1 Å². The molecule has 134 valence electrons. The summed E-state index contributed by atoms with van der Waals surface area (Å²) >= 11 is 9.44. The summed E-state index contributed by atoms with van der Waals surface area (Å²) in [7, 11) is 0. The highest BCUT2D eigenvalue weighted by atomic mass is 79.9. The molecule has 0 atom stereocenters. The number of aromatic nitrogens is 2. The van der Waals surface area contributed by atoms with Crippen LogP contribution >= 0.6 is 27.5 Å². The van der Waals surface area contributed by atoms with E-state index in [4.69, 9.17) is 11.6 Å². The number of carbonyl (C=O) groups is 1. The number of benzene rings is 2. The van der Waals surface area contributed by atoms with Gasteiger partial charge in [-0.3, -0.25) is 9.59 Å². The molecule has 7 heteroatoms. The minimum absolute atomic E-state index is 0.0925. The molecular weight excluding hydrogens is 418 g/mol. The highest BCUT2D eigenvalue weighted by molar-refractivity contribution is 9.10. The number of rotatable bonds is 4. The lowest BCUT2D eigenvalue weighted by molar-refractivity contribution is 0.0684. The molecule has 26 heavy (non-hydrogen) atoms. The first-order chi connectivity index (χ1) is 12.4. The minimum Gasteiger partial charge on any atom is -0.329 e. The van der Waals surface area contributed by atoms with E-state index in [0.717, 1.165) is 0 Å². The molecule has 0 fully saturated rings. The number of nitrogens with zero attached hydrogens (tertiary/aromatic N) is 2. The fourth-order valence-corrected chi connectivity index (χ4v) is 3.26. The summed E-state index contributed by atoms with van der Waals surface area (Å²) in [5.74, 6) is 0.249. The zero-order valence-corrected chi connectivity index (χ0v) is 16.6. The van der Waals surface area contributed by atoms with Crippen molar-refractivity contribution in [3.63, 3.8) is 0 Å². The maximum Gasteiger partial charge on any atom is 0.258 e. The standard InChI is InChI=1S/C19H17BrClN3O2/c1-11(2)24(19(26)14-9-12(21)7-8-15(14)20)10-17-22-16-6-4-3-5-13(16)18(25)23-17/h3-9,11H,10H2,1-2H3,(H,22,23,25). The van der Waals surface area contributed by atoms with Crippen molar-refractivity contribution < 1.29 is 4.79 Å². The van der Waals surface area contributed by atoms with Crippen LogP contribution < -0.4 is 5.56 Å². The highest BCUT2D eigenvalue weighted by Gasteiger charge is 2.22. The van der Waals surface area contributed by atoms with Crippen LogP contribution in [0.5, 0.6) is 0 Å². The Morgan fingerprint density at radius 3 is 2.73 bits per heavy atom. The van der Waals surface area contributed by atoms with Crippen LogP contribution in [0.2, 0.25) is 5.02 Å². The Bertz CT molecular complexity index is 1030. The van der Waals surface area contributed by atoms with Crippen molar-refractivity contribution in [3.8, 4) is 0 Å². The number of hydrogen-bond acceptors (Lipinski definition) is 3. The molecule has 0 aliphatic rings. The fourth-order valence-electron chi connectivity index (χ4n) is 2.68. The lowest BCUT2D eigenvalue weighted by atomic mass is 10.1. The molecule has 3 rings (SSSR count). The molecule has 0 bridgehead atoms. The average Bonchev–Trinajstić information content (AvgIpc) is 2.61. The molecule has 0 aliphatic carbocycles. The van der Waals surface area contributed by atoms with Gasteiger partial charge in [0, 0.05) is 15.5 Å². The summed E-state index contributed by atoms with van der Waals surface area (Å²) in [6, 6.07) is 12.1. The van der Waals surface area contributed by atoms with E-state index in [1.54, 1.807) is 41.3 Å². The first kappa shape index (κ1) is 18.6. The molecule has 0 saturated heterocycles.